The highest BCUT2D eigenvalue weighted by atomic mass is 16.4. The van der Waals surface area contributed by atoms with Crippen molar-refractivity contribution in [3.63, 3.8) is 0 Å². The number of carbonyl (C=O) groups is 1. The Labute approximate surface area is 92.4 Å². The fourth-order valence-electron chi connectivity index (χ4n) is 1.56. The summed E-state index contributed by atoms with van der Waals surface area (Å²) in [6.45, 7) is 1.76. The SMILES string of the molecule is Cc1nc(C(=O)O)c(-c2ccccn2)n1C. The van der Waals surface area contributed by atoms with Crippen LogP contribution in [0.3, 0.4) is 0 Å². The zero-order chi connectivity index (χ0) is 11.7. The number of aromatic carboxylic acids is 1. The predicted octanol–water partition coefficient (Wildman–Crippen LogP) is 1.49. The topological polar surface area (TPSA) is 68.0 Å². The first kappa shape index (κ1) is 10.4. The van der Waals surface area contributed by atoms with E-state index < -0.39 is 5.97 Å². The molecule has 0 spiro atoms. The van der Waals surface area contributed by atoms with E-state index in [1.165, 1.54) is 0 Å². The van der Waals surface area contributed by atoms with Crippen LogP contribution in [0.25, 0.3) is 11.4 Å². The smallest absolute Gasteiger partial charge is 0.356 e. The van der Waals surface area contributed by atoms with Crippen LogP contribution in [0.15, 0.2) is 24.4 Å². The minimum Gasteiger partial charge on any atom is -0.476 e. The molecule has 0 aromatic carbocycles. The Morgan fingerprint density at radius 2 is 2.19 bits per heavy atom. The third-order valence-electron chi connectivity index (χ3n) is 2.43. The predicted molar refractivity (Wildman–Crippen MR) is 58.1 cm³/mol. The standard InChI is InChI=1S/C11H11N3O2/c1-7-13-9(11(15)16)10(14(7)2)8-5-3-4-6-12-8/h3-6H,1-2H3,(H,15,16). The number of aromatic nitrogens is 3. The summed E-state index contributed by atoms with van der Waals surface area (Å²) >= 11 is 0. The summed E-state index contributed by atoms with van der Waals surface area (Å²) in [6, 6.07) is 5.37. The van der Waals surface area contributed by atoms with E-state index in [9.17, 15) is 4.79 Å². The Hall–Kier alpha value is -2.17. The van der Waals surface area contributed by atoms with Crippen LogP contribution in [-0.4, -0.2) is 25.6 Å². The molecule has 1 N–H and O–H groups in total. The maximum absolute atomic E-state index is 11.1. The van der Waals surface area contributed by atoms with Crippen molar-refractivity contribution in [1.82, 2.24) is 14.5 Å². The van der Waals surface area contributed by atoms with Gasteiger partial charge in [0.1, 0.15) is 11.5 Å². The Morgan fingerprint density at radius 3 is 2.75 bits per heavy atom. The van der Waals surface area contributed by atoms with Crippen LogP contribution in [0.1, 0.15) is 16.3 Å². The van der Waals surface area contributed by atoms with Crippen LogP contribution in [0.2, 0.25) is 0 Å². The lowest BCUT2D eigenvalue weighted by molar-refractivity contribution is 0.0691. The van der Waals surface area contributed by atoms with Crippen molar-refractivity contribution in [2.24, 2.45) is 7.05 Å². The number of imidazole rings is 1. The van der Waals surface area contributed by atoms with E-state index in [0.29, 0.717) is 17.2 Å². The van der Waals surface area contributed by atoms with E-state index in [4.69, 9.17) is 5.11 Å². The minimum atomic E-state index is -1.04. The van der Waals surface area contributed by atoms with Gasteiger partial charge in [-0.25, -0.2) is 9.78 Å². The van der Waals surface area contributed by atoms with E-state index in [-0.39, 0.29) is 5.69 Å². The van der Waals surface area contributed by atoms with Crippen LogP contribution < -0.4 is 0 Å². The maximum atomic E-state index is 11.1. The maximum Gasteiger partial charge on any atom is 0.356 e. The van der Waals surface area contributed by atoms with E-state index in [1.807, 2.05) is 6.07 Å². The van der Waals surface area contributed by atoms with Crippen LogP contribution in [0, 0.1) is 6.92 Å². The second-order valence-corrected chi connectivity index (χ2v) is 3.44. The fraction of sp³-hybridized carbons (Fsp3) is 0.182. The van der Waals surface area contributed by atoms with Gasteiger partial charge in [-0.3, -0.25) is 4.98 Å². The van der Waals surface area contributed by atoms with Crippen LogP contribution in [0.4, 0.5) is 0 Å². The molecule has 2 aromatic heterocycles. The molecular formula is C11H11N3O2. The Bertz CT molecular complexity index is 532. The highest BCUT2D eigenvalue weighted by Gasteiger charge is 2.20. The number of hydrogen-bond donors (Lipinski definition) is 1. The van der Waals surface area contributed by atoms with E-state index in [1.54, 1.807) is 36.9 Å². The molecule has 5 heteroatoms. The van der Waals surface area contributed by atoms with Gasteiger partial charge in [-0.2, -0.15) is 0 Å². The molecule has 82 valence electrons. The second-order valence-electron chi connectivity index (χ2n) is 3.44. The van der Waals surface area contributed by atoms with Gasteiger partial charge in [-0.1, -0.05) is 6.07 Å². The molecule has 0 aliphatic heterocycles. The average molecular weight is 217 g/mol. The molecular weight excluding hydrogens is 206 g/mol. The molecule has 0 saturated carbocycles. The summed E-state index contributed by atoms with van der Waals surface area (Å²) in [4.78, 5) is 19.2. The molecule has 0 aliphatic rings. The molecule has 0 bridgehead atoms. The number of rotatable bonds is 2. The Morgan fingerprint density at radius 1 is 1.44 bits per heavy atom. The summed E-state index contributed by atoms with van der Waals surface area (Å²) in [5.74, 6) is -0.387. The average Bonchev–Trinajstić information content (AvgIpc) is 2.57. The lowest BCUT2D eigenvalue weighted by atomic mass is 10.2. The third-order valence-corrected chi connectivity index (χ3v) is 2.43. The van der Waals surface area contributed by atoms with E-state index in [2.05, 4.69) is 9.97 Å². The number of pyridine rings is 1. The van der Waals surface area contributed by atoms with E-state index in [0.717, 1.165) is 0 Å². The van der Waals surface area contributed by atoms with Crippen molar-refractivity contribution in [2.45, 2.75) is 6.92 Å². The Kier molecular flexibility index (Phi) is 2.44. The van der Waals surface area contributed by atoms with Crippen LogP contribution in [-0.2, 0) is 7.05 Å². The van der Waals surface area contributed by atoms with Crippen molar-refractivity contribution < 1.29 is 9.90 Å². The molecule has 5 nitrogen and oxygen atoms in total. The molecule has 2 rings (SSSR count). The van der Waals surface area contributed by atoms with Gasteiger partial charge in [0.15, 0.2) is 5.69 Å². The Balaban J connectivity index is 2.68. The van der Waals surface area contributed by atoms with Crippen LogP contribution >= 0.6 is 0 Å². The number of nitrogens with zero attached hydrogens (tertiary/aromatic N) is 3. The van der Waals surface area contributed by atoms with Gasteiger partial charge in [0.05, 0.1) is 5.69 Å². The molecule has 0 radical (unpaired) electrons. The van der Waals surface area contributed by atoms with Gasteiger partial charge in [-0.15, -0.1) is 0 Å². The third kappa shape index (κ3) is 1.56. The van der Waals surface area contributed by atoms with Crippen molar-refractivity contribution in [3.8, 4) is 11.4 Å². The number of hydrogen-bond acceptors (Lipinski definition) is 3. The van der Waals surface area contributed by atoms with Gasteiger partial charge < -0.3 is 9.67 Å². The van der Waals surface area contributed by atoms with Crippen molar-refractivity contribution >= 4 is 5.97 Å². The lowest BCUT2D eigenvalue weighted by Gasteiger charge is -2.03. The summed E-state index contributed by atoms with van der Waals surface area (Å²) in [6.07, 6.45) is 1.63. The monoisotopic (exact) mass is 217 g/mol. The van der Waals surface area contributed by atoms with Crippen molar-refractivity contribution in [2.75, 3.05) is 0 Å². The van der Waals surface area contributed by atoms with E-state index >= 15 is 0 Å². The number of carboxylic acids is 1. The molecule has 16 heavy (non-hydrogen) atoms. The van der Waals surface area contributed by atoms with Crippen molar-refractivity contribution in [1.29, 1.82) is 0 Å². The molecule has 0 amide bonds. The minimum absolute atomic E-state index is 0.0405. The first-order valence-corrected chi connectivity index (χ1v) is 4.79. The van der Waals surface area contributed by atoms with Crippen LogP contribution in [0.5, 0.6) is 0 Å². The summed E-state index contributed by atoms with van der Waals surface area (Å²) in [7, 11) is 1.78. The molecule has 0 atom stereocenters. The number of carboxylic acid groups (broad SMARTS) is 1. The van der Waals surface area contributed by atoms with Gasteiger partial charge in [0.2, 0.25) is 0 Å². The lowest BCUT2D eigenvalue weighted by Crippen LogP contribution is -2.02. The first-order chi connectivity index (χ1) is 7.61. The zero-order valence-corrected chi connectivity index (χ0v) is 9.01. The van der Waals surface area contributed by atoms with Gasteiger partial charge >= 0.3 is 5.97 Å². The highest BCUT2D eigenvalue weighted by Crippen LogP contribution is 2.21. The second kappa shape index (κ2) is 3.77. The molecule has 2 heterocycles. The summed E-state index contributed by atoms with van der Waals surface area (Å²) < 4.78 is 1.73. The summed E-state index contributed by atoms with van der Waals surface area (Å²) in [5.41, 5.74) is 1.19. The molecule has 0 unspecified atom stereocenters. The zero-order valence-electron chi connectivity index (χ0n) is 9.01. The van der Waals surface area contributed by atoms with Gasteiger partial charge in [-0.05, 0) is 19.1 Å². The molecule has 2 aromatic rings. The normalized spacial score (nSPS) is 10.4. The van der Waals surface area contributed by atoms with Crippen molar-refractivity contribution in [3.05, 3.63) is 35.9 Å². The largest absolute Gasteiger partial charge is 0.476 e. The van der Waals surface area contributed by atoms with Gasteiger partial charge in [0.25, 0.3) is 0 Å². The highest BCUT2D eigenvalue weighted by molar-refractivity contribution is 5.92. The van der Waals surface area contributed by atoms with Gasteiger partial charge in [0, 0.05) is 13.2 Å². The summed E-state index contributed by atoms with van der Waals surface area (Å²) in [5, 5.41) is 9.06. The molecule has 0 saturated heterocycles. The fourth-order valence-corrected chi connectivity index (χ4v) is 1.56. The molecule has 0 fully saturated rings. The first-order valence-electron chi connectivity index (χ1n) is 4.79. The quantitative estimate of drug-likeness (QED) is 0.827. The molecule has 0 aliphatic carbocycles. The number of aryl methyl sites for hydroxylation is 1.